The van der Waals surface area contributed by atoms with Crippen LogP contribution in [0.15, 0.2) is 48.5 Å². The Morgan fingerprint density at radius 3 is 2.93 bits per heavy atom. The number of aromatic nitrogens is 1. The number of carbonyl (C=O) groups is 1. The average molecular weight is 424 g/mol. The first-order valence-corrected chi connectivity index (χ1v) is 10.9. The van der Waals surface area contributed by atoms with Crippen molar-refractivity contribution < 1.29 is 15.1 Å². The molecule has 1 aliphatic carbocycles. The summed E-state index contributed by atoms with van der Waals surface area (Å²) in [5.41, 5.74) is 6.14. The van der Waals surface area contributed by atoms with E-state index in [-0.39, 0.29) is 12.6 Å². The summed E-state index contributed by atoms with van der Waals surface area (Å²) in [6, 6.07) is 14.7. The zero-order valence-corrected chi connectivity index (χ0v) is 17.4. The standard InChI is InChI=1S/C23H25N3O3S/c27-14-13-26(12-11-23-24-19-3-1-2-4-21(19)30-23)20-9-7-17-15-16(5-8-18(17)20)6-10-22(28)25-29/h1-6,8,10,15,20,27,29H,7,9,11-14H2,(H,25,28)/b10-6+. The van der Waals surface area contributed by atoms with E-state index in [0.29, 0.717) is 6.54 Å². The van der Waals surface area contributed by atoms with E-state index in [0.717, 1.165) is 41.9 Å². The minimum absolute atomic E-state index is 0.128. The fourth-order valence-corrected chi connectivity index (χ4v) is 5.08. The van der Waals surface area contributed by atoms with Crippen molar-refractivity contribution in [1.29, 1.82) is 0 Å². The van der Waals surface area contributed by atoms with Crippen LogP contribution in [0.2, 0.25) is 0 Å². The van der Waals surface area contributed by atoms with Gasteiger partial charge in [0.05, 0.1) is 21.8 Å². The summed E-state index contributed by atoms with van der Waals surface area (Å²) in [5, 5.41) is 19.4. The Balaban J connectivity index is 1.47. The number of carbonyl (C=O) groups excluding carboxylic acids is 1. The smallest absolute Gasteiger partial charge is 0.267 e. The lowest BCUT2D eigenvalue weighted by molar-refractivity contribution is -0.124. The Bertz CT molecular complexity index is 1030. The van der Waals surface area contributed by atoms with Crippen LogP contribution in [0.4, 0.5) is 0 Å². The number of aryl methyl sites for hydroxylation is 1. The molecule has 0 saturated carbocycles. The molecular weight excluding hydrogens is 398 g/mol. The lowest BCUT2D eigenvalue weighted by Crippen LogP contribution is -2.32. The van der Waals surface area contributed by atoms with Crippen molar-refractivity contribution in [3.63, 3.8) is 0 Å². The summed E-state index contributed by atoms with van der Waals surface area (Å²) in [4.78, 5) is 18.3. The van der Waals surface area contributed by atoms with Gasteiger partial charge in [0.2, 0.25) is 0 Å². The van der Waals surface area contributed by atoms with E-state index in [1.165, 1.54) is 21.9 Å². The fraction of sp³-hybridized carbons (Fsp3) is 0.304. The minimum Gasteiger partial charge on any atom is -0.395 e. The van der Waals surface area contributed by atoms with Crippen molar-refractivity contribution in [2.45, 2.75) is 25.3 Å². The molecule has 1 unspecified atom stereocenters. The zero-order valence-electron chi connectivity index (χ0n) is 16.6. The van der Waals surface area contributed by atoms with E-state index in [9.17, 15) is 9.90 Å². The molecular formula is C23H25N3O3S. The highest BCUT2D eigenvalue weighted by Gasteiger charge is 2.27. The predicted octanol–water partition coefficient (Wildman–Crippen LogP) is 3.34. The van der Waals surface area contributed by atoms with Crippen molar-refractivity contribution in [3.05, 3.63) is 70.2 Å². The van der Waals surface area contributed by atoms with Gasteiger partial charge in [-0.25, -0.2) is 10.5 Å². The van der Waals surface area contributed by atoms with Gasteiger partial charge >= 0.3 is 0 Å². The summed E-state index contributed by atoms with van der Waals surface area (Å²) in [5.74, 6) is -0.544. The van der Waals surface area contributed by atoms with E-state index in [2.05, 4.69) is 23.1 Å². The molecule has 0 bridgehead atoms. The van der Waals surface area contributed by atoms with Crippen LogP contribution in [0.1, 0.15) is 34.2 Å². The number of amides is 1. The van der Waals surface area contributed by atoms with Gasteiger partial charge in [-0.3, -0.25) is 14.9 Å². The van der Waals surface area contributed by atoms with E-state index in [4.69, 9.17) is 10.2 Å². The number of rotatable bonds is 8. The van der Waals surface area contributed by atoms with Crippen LogP contribution in [0.3, 0.4) is 0 Å². The maximum atomic E-state index is 11.2. The molecule has 2 aromatic carbocycles. The molecule has 0 aliphatic heterocycles. The Kier molecular flexibility index (Phi) is 6.54. The molecule has 156 valence electrons. The molecule has 1 aliphatic rings. The Morgan fingerprint density at radius 2 is 2.13 bits per heavy atom. The maximum absolute atomic E-state index is 11.2. The Morgan fingerprint density at radius 1 is 1.27 bits per heavy atom. The number of fused-ring (bicyclic) bond motifs is 2. The van der Waals surface area contributed by atoms with Gasteiger partial charge in [-0.2, -0.15) is 0 Å². The highest BCUT2D eigenvalue weighted by atomic mass is 32.1. The van der Waals surface area contributed by atoms with Gasteiger partial charge in [0, 0.05) is 31.6 Å². The molecule has 1 heterocycles. The van der Waals surface area contributed by atoms with E-state index >= 15 is 0 Å². The van der Waals surface area contributed by atoms with Crippen LogP contribution < -0.4 is 5.48 Å². The van der Waals surface area contributed by atoms with Gasteiger partial charge < -0.3 is 5.11 Å². The molecule has 30 heavy (non-hydrogen) atoms. The first kappa shape index (κ1) is 20.7. The van der Waals surface area contributed by atoms with Crippen LogP contribution in [0.5, 0.6) is 0 Å². The van der Waals surface area contributed by atoms with Crippen LogP contribution in [-0.4, -0.2) is 45.8 Å². The highest BCUT2D eigenvalue weighted by Crippen LogP contribution is 2.36. The van der Waals surface area contributed by atoms with Gasteiger partial charge in [-0.05, 0) is 47.7 Å². The van der Waals surface area contributed by atoms with Gasteiger partial charge in [0.25, 0.3) is 5.91 Å². The third-order valence-electron chi connectivity index (χ3n) is 5.53. The molecule has 6 nitrogen and oxygen atoms in total. The molecule has 1 aromatic heterocycles. The van der Waals surface area contributed by atoms with E-state index < -0.39 is 5.91 Å². The average Bonchev–Trinajstić information content (AvgIpc) is 3.38. The van der Waals surface area contributed by atoms with Crippen molar-refractivity contribution in [2.24, 2.45) is 0 Å². The largest absolute Gasteiger partial charge is 0.395 e. The third-order valence-corrected chi connectivity index (χ3v) is 6.63. The number of hydrogen-bond acceptors (Lipinski definition) is 6. The first-order chi connectivity index (χ1) is 14.7. The first-order valence-electron chi connectivity index (χ1n) is 10.1. The minimum atomic E-state index is -0.544. The van der Waals surface area contributed by atoms with Crippen molar-refractivity contribution in [2.75, 3.05) is 19.7 Å². The van der Waals surface area contributed by atoms with Gasteiger partial charge in [0.1, 0.15) is 0 Å². The Labute approximate surface area is 179 Å². The number of nitrogens with one attached hydrogen (secondary N) is 1. The maximum Gasteiger partial charge on any atom is 0.267 e. The summed E-state index contributed by atoms with van der Waals surface area (Å²) in [6.07, 6.45) is 5.85. The molecule has 1 atom stereocenters. The van der Waals surface area contributed by atoms with Crippen molar-refractivity contribution in [1.82, 2.24) is 15.4 Å². The number of aliphatic hydroxyl groups excluding tert-OH is 1. The topological polar surface area (TPSA) is 85.7 Å². The monoisotopic (exact) mass is 423 g/mol. The van der Waals surface area contributed by atoms with Gasteiger partial charge in [-0.15, -0.1) is 11.3 Å². The third kappa shape index (κ3) is 4.60. The zero-order chi connectivity index (χ0) is 20.9. The SMILES string of the molecule is O=C(/C=C/c1ccc2c(c1)CCC2N(CCO)CCc1nc2ccccc2s1)NO. The molecule has 3 N–H and O–H groups in total. The van der Waals surface area contributed by atoms with Crippen LogP contribution >= 0.6 is 11.3 Å². The second-order valence-electron chi connectivity index (χ2n) is 7.41. The molecule has 3 aromatic rings. The second-order valence-corrected chi connectivity index (χ2v) is 8.52. The summed E-state index contributed by atoms with van der Waals surface area (Å²) >= 11 is 1.74. The van der Waals surface area contributed by atoms with Gasteiger partial charge in [-0.1, -0.05) is 30.3 Å². The predicted molar refractivity (Wildman–Crippen MR) is 118 cm³/mol. The van der Waals surface area contributed by atoms with Crippen LogP contribution in [0, 0.1) is 0 Å². The molecule has 0 fully saturated rings. The van der Waals surface area contributed by atoms with E-state index in [1.807, 2.05) is 24.3 Å². The molecule has 7 heteroatoms. The summed E-state index contributed by atoms with van der Waals surface area (Å²) < 4.78 is 1.21. The molecule has 0 saturated heterocycles. The number of hydrogen-bond donors (Lipinski definition) is 3. The number of hydroxylamine groups is 1. The quantitative estimate of drug-likeness (QED) is 0.294. The van der Waals surface area contributed by atoms with Crippen molar-refractivity contribution >= 4 is 33.5 Å². The second kappa shape index (κ2) is 9.49. The lowest BCUT2D eigenvalue weighted by atomic mass is 10.0. The van der Waals surface area contributed by atoms with E-state index in [1.54, 1.807) is 22.9 Å². The summed E-state index contributed by atoms with van der Waals surface area (Å²) in [7, 11) is 0. The Hall–Kier alpha value is -2.58. The molecule has 1 amide bonds. The highest BCUT2D eigenvalue weighted by molar-refractivity contribution is 7.18. The molecule has 4 rings (SSSR count). The normalized spacial score (nSPS) is 15.9. The molecule has 0 radical (unpaired) electrons. The number of aliphatic hydroxyl groups is 1. The lowest BCUT2D eigenvalue weighted by Gasteiger charge is -2.28. The number of benzene rings is 2. The van der Waals surface area contributed by atoms with Crippen molar-refractivity contribution in [3.8, 4) is 0 Å². The fourth-order valence-electron chi connectivity index (χ4n) is 4.13. The number of para-hydroxylation sites is 1. The van der Waals surface area contributed by atoms with Gasteiger partial charge in [0.15, 0.2) is 0 Å². The number of thiazole rings is 1. The summed E-state index contributed by atoms with van der Waals surface area (Å²) in [6.45, 7) is 1.61. The number of nitrogens with zero attached hydrogens (tertiary/aromatic N) is 2. The molecule has 0 spiro atoms. The van der Waals surface area contributed by atoms with Crippen LogP contribution in [0.25, 0.3) is 16.3 Å². The van der Waals surface area contributed by atoms with Crippen LogP contribution in [-0.2, 0) is 17.6 Å².